The van der Waals surface area contributed by atoms with E-state index >= 15 is 0 Å². The van der Waals surface area contributed by atoms with Crippen LogP contribution in [-0.2, 0) is 6.54 Å². The molecule has 0 atom stereocenters. The van der Waals surface area contributed by atoms with Crippen molar-refractivity contribution in [3.8, 4) is 5.69 Å². The van der Waals surface area contributed by atoms with Crippen molar-refractivity contribution in [2.75, 3.05) is 0 Å². The van der Waals surface area contributed by atoms with Gasteiger partial charge in [-0.2, -0.15) is 0 Å². The lowest BCUT2D eigenvalue weighted by atomic mass is 10.0. The molecule has 132 valence electrons. The number of aromatic nitrogens is 4. The minimum atomic E-state index is -0.291. The molecular formula is C19H24N4O2. The maximum atomic E-state index is 12.8. The van der Waals surface area contributed by atoms with Crippen LogP contribution in [0, 0.1) is 5.92 Å². The van der Waals surface area contributed by atoms with Crippen LogP contribution in [0.2, 0.25) is 0 Å². The van der Waals surface area contributed by atoms with Gasteiger partial charge in [-0.15, -0.1) is 5.10 Å². The van der Waals surface area contributed by atoms with Crippen molar-refractivity contribution in [2.45, 2.75) is 46.6 Å². The molecule has 1 aromatic carbocycles. The molecule has 0 unspecified atom stereocenters. The molecule has 0 aliphatic rings. The van der Waals surface area contributed by atoms with Crippen molar-refractivity contribution in [1.82, 2.24) is 18.7 Å². The molecule has 6 heteroatoms. The number of rotatable bonds is 5. The fourth-order valence-electron chi connectivity index (χ4n) is 2.76. The molecule has 2 heterocycles. The van der Waals surface area contributed by atoms with Gasteiger partial charge in [0.1, 0.15) is 0 Å². The van der Waals surface area contributed by atoms with E-state index in [-0.39, 0.29) is 16.9 Å². The first-order valence-corrected chi connectivity index (χ1v) is 8.69. The number of aryl methyl sites for hydroxylation is 1. The molecule has 0 saturated heterocycles. The lowest BCUT2D eigenvalue weighted by molar-refractivity contribution is 0.478. The number of fused-ring (bicyclic) bond motifs is 1. The molecule has 25 heavy (non-hydrogen) atoms. The molecule has 3 rings (SSSR count). The Morgan fingerprint density at radius 3 is 2.28 bits per heavy atom. The molecule has 2 aromatic heterocycles. The monoisotopic (exact) mass is 340 g/mol. The molecule has 0 bridgehead atoms. The first-order valence-electron chi connectivity index (χ1n) is 8.69. The van der Waals surface area contributed by atoms with Gasteiger partial charge in [0.25, 0.3) is 0 Å². The highest BCUT2D eigenvalue weighted by Crippen LogP contribution is 2.16. The largest absolute Gasteiger partial charge is 0.350 e. The Balaban J connectivity index is 2.05. The van der Waals surface area contributed by atoms with E-state index < -0.39 is 0 Å². The highest BCUT2D eigenvalue weighted by molar-refractivity contribution is 5.41. The van der Waals surface area contributed by atoms with Crippen molar-refractivity contribution < 1.29 is 0 Å². The van der Waals surface area contributed by atoms with E-state index in [1.54, 1.807) is 12.4 Å². The van der Waals surface area contributed by atoms with E-state index in [0.717, 1.165) is 12.1 Å². The summed E-state index contributed by atoms with van der Waals surface area (Å²) in [5.41, 5.74) is 1.58. The van der Waals surface area contributed by atoms with E-state index in [0.29, 0.717) is 18.4 Å². The second-order valence-corrected chi connectivity index (χ2v) is 7.10. The third-order valence-electron chi connectivity index (χ3n) is 4.40. The van der Waals surface area contributed by atoms with E-state index in [4.69, 9.17) is 0 Å². The Kier molecular flexibility index (Phi) is 4.61. The van der Waals surface area contributed by atoms with E-state index in [2.05, 4.69) is 32.8 Å². The number of hydrogen-bond donors (Lipinski definition) is 0. The van der Waals surface area contributed by atoms with Crippen LogP contribution in [0.5, 0.6) is 0 Å². The lowest BCUT2D eigenvalue weighted by Crippen LogP contribution is -2.24. The molecule has 3 aromatic rings. The van der Waals surface area contributed by atoms with Crippen LogP contribution in [0.4, 0.5) is 0 Å². The van der Waals surface area contributed by atoms with E-state index in [1.807, 2.05) is 24.3 Å². The van der Waals surface area contributed by atoms with Gasteiger partial charge in [-0.3, -0.25) is 9.36 Å². The number of hydrogen-bond acceptors (Lipinski definition) is 3. The summed E-state index contributed by atoms with van der Waals surface area (Å²) >= 11 is 0. The van der Waals surface area contributed by atoms with E-state index in [9.17, 15) is 9.59 Å². The van der Waals surface area contributed by atoms with Gasteiger partial charge in [-0.1, -0.05) is 39.8 Å². The van der Waals surface area contributed by atoms with Crippen molar-refractivity contribution in [3.63, 3.8) is 0 Å². The minimum absolute atomic E-state index is 0.157. The van der Waals surface area contributed by atoms with Crippen LogP contribution in [0.15, 0.2) is 46.2 Å². The van der Waals surface area contributed by atoms with Gasteiger partial charge in [-0.05, 0) is 36.0 Å². The predicted molar refractivity (Wildman–Crippen MR) is 98.6 cm³/mol. The van der Waals surface area contributed by atoms with Crippen molar-refractivity contribution in [1.29, 1.82) is 0 Å². The number of benzene rings is 1. The first kappa shape index (κ1) is 17.2. The van der Waals surface area contributed by atoms with Crippen LogP contribution in [-0.4, -0.2) is 18.7 Å². The second-order valence-electron chi connectivity index (χ2n) is 7.10. The summed E-state index contributed by atoms with van der Waals surface area (Å²) in [7, 11) is 0. The Morgan fingerprint density at radius 1 is 1.00 bits per heavy atom. The van der Waals surface area contributed by atoms with Crippen LogP contribution in [0.1, 0.15) is 45.6 Å². The van der Waals surface area contributed by atoms with Gasteiger partial charge < -0.3 is 0 Å². The normalized spacial score (nSPS) is 11.8. The summed E-state index contributed by atoms with van der Waals surface area (Å²) < 4.78 is 4.23. The van der Waals surface area contributed by atoms with Gasteiger partial charge in [-0.25, -0.2) is 13.9 Å². The van der Waals surface area contributed by atoms with Gasteiger partial charge in [0.15, 0.2) is 0 Å². The summed E-state index contributed by atoms with van der Waals surface area (Å²) in [6, 6.07) is 7.87. The van der Waals surface area contributed by atoms with Crippen LogP contribution in [0.25, 0.3) is 11.3 Å². The van der Waals surface area contributed by atoms with Crippen molar-refractivity contribution >= 4 is 5.65 Å². The lowest BCUT2D eigenvalue weighted by Gasteiger charge is -2.08. The maximum Gasteiger partial charge on any atom is 0.350 e. The minimum Gasteiger partial charge on any atom is -0.280 e. The molecule has 0 saturated carbocycles. The smallest absolute Gasteiger partial charge is 0.280 e. The predicted octanol–water partition coefficient (Wildman–Crippen LogP) is 2.82. The Labute approximate surface area is 146 Å². The molecular weight excluding hydrogens is 316 g/mol. The van der Waals surface area contributed by atoms with E-state index in [1.165, 1.54) is 19.2 Å². The molecule has 0 N–H and O–H groups in total. The average molecular weight is 340 g/mol. The van der Waals surface area contributed by atoms with Crippen LogP contribution in [0.3, 0.4) is 0 Å². The zero-order chi connectivity index (χ0) is 18.1. The average Bonchev–Trinajstić information content (AvgIpc) is 2.91. The molecule has 0 amide bonds. The highest BCUT2D eigenvalue weighted by Gasteiger charge is 2.13. The zero-order valence-corrected chi connectivity index (χ0v) is 15.1. The second kappa shape index (κ2) is 6.70. The van der Waals surface area contributed by atoms with Crippen LogP contribution >= 0.6 is 0 Å². The molecule has 0 radical (unpaired) electrons. The first-order chi connectivity index (χ1) is 11.9. The molecule has 0 aliphatic carbocycles. The zero-order valence-electron chi connectivity index (χ0n) is 15.1. The molecule has 6 nitrogen and oxygen atoms in total. The fraction of sp³-hybridized carbons (Fsp3) is 0.421. The van der Waals surface area contributed by atoms with Gasteiger partial charge >= 0.3 is 11.2 Å². The highest BCUT2D eigenvalue weighted by atomic mass is 16.2. The van der Waals surface area contributed by atoms with Crippen LogP contribution < -0.4 is 11.2 Å². The third kappa shape index (κ3) is 3.29. The van der Waals surface area contributed by atoms with Crippen molar-refractivity contribution in [2.24, 2.45) is 5.92 Å². The Morgan fingerprint density at radius 2 is 1.68 bits per heavy atom. The van der Waals surface area contributed by atoms with Crippen molar-refractivity contribution in [3.05, 3.63) is 63.1 Å². The molecule has 0 spiro atoms. The summed E-state index contributed by atoms with van der Waals surface area (Å²) in [5.74, 6) is 0.899. The summed E-state index contributed by atoms with van der Waals surface area (Å²) in [4.78, 5) is 25.2. The summed E-state index contributed by atoms with van der Waals surface area (Å²) in [6.07, 6.45) is 4.07. The SMILES string of the molecule is CC(C)CCn1nc2c(=O)n(-c3ccc(C(C)C)cc3)ccn2c1=O. The Bertz CT molecular complexity index is 991. The molecule has 0 fully saturated rings. The third-order valence-corrected chi connectivity index (χ3v) is 4.40. The maximum absolute atomic E-state index is 12.8. The summed E-state index contributed by atoms with van der Waals surface area (Å²) in [6.45, 7) is 8.96. The van der Waals surface area contributed by atoms with Gasteiger partial charge in [0.05, 0.1) is 0 Å². The molecule has 0 aliphatic heterocycles. The fourth-order valence-corrected chi connectivity index (χ4v) is 2.76. The van der Waals surface area contributed by atoms with Gasteiger partial charge in [0, 0.05) is 24.6 Å². The summed E-state index contributed by atoms with van der Waals surface area (Å²) in [5, 5.41) is 4.25. The Hall–Kier alpha value is -2.63. The quantitative estimate of drug-likeness (QED) is 0.717. The standard InChI is InChI=1S/C19H24N4O2/c1-13(2)9-10-23-19(25)22-12-11-21(18(24)17(22)20-23)16-7-5-15(6-8-16)14(3)4/h5-8,11-14H,9-10H2,1-4H3. The number of nitrogens with zero attached hydrogens (tertiary/aromatic N) is 4. The van der Waals surface area contributed by atoms with Gasteiger partial charge in [0.2, 0.25) is 5.65 Å². The topological polar surface area (TPSA) is 61.3 Å².